The molecule has 0 bridgehead atoms. The average Bonchev–Trinajstić information content (AvgIpc) is 2.85. The molecule has 1 nitrogen and oxygen atoms in total. The van der Waals surface area contributed by atoms with E-state index >= 15 is 0 Å². The minimum Gasteiger partial charge on any atom is -0.384 e. The van der Waals surface area contributed by atoms with Crippen LogP contribution in [0, 0.1) is 11.3 Å². The monoisotopic (exact) mass is 177 g/mol. The molecule has 1 heterocycles. The van der Waals surface area contributed by atoms with Gasteiger partial charge >= 0.3 is 0 Å². The maximum absolute atomic E-state index is 3.43. The number of nitrogens with one attached hydrogen (secondary N) is 1. The van der Waals surface area contributed by atoms with Gasteiger partial charge in [-0.3, -0.25) is 0 Å². The van der Waals surface area contributed by atoms with E-state index in [0.717, 1.165) is 5.92 Å². The molecule has 0 radical (unpaired) electrons. The summed E-state index contributed by atoms with van der Waals surface area (Å²) in [6.45, 7) is 6.83. The molecule has 1 saturated carbocycles. The SMILES string of the molecule is CC(C)(C)C1=CC(C2CC2)NC=C1. The third kappa shape index (κ3) is 1.96. The molecule has 0 saturated heterocycles. The van der Waals surface area contributed by atoms with Crippen LogP contribution in [0.4, 0.5) is 0 Å². The van der Waals surface area contributed by atoms with Gasteiger partial charge in [0, 0.05) is 6.04 Å². The largest absolute Gasteiger partial charge is 0.384 e. The third-order valence-corrected chi connectivity index (χ3v) is 2.91. The molecule has 13 heavy (non-hydrogen) atoms. The Bertz CT molecular complexity index is 251. The normalized spacial score (nSPS) is 28.2. The molecule has 1 aliphatic carbocycles. The molecule has 1 unspecified atom stereocenters. The summed E-state index contributed by atoms with van der Waals surface area (Å²) in [5.41, 5.74) is 1.77. The molecule has 0 aromatic heterocycles. The number of dihydropyridines is 1. The van der Waals surface area contributed by atoms with Crippen LogP contribution in [0.3, 0.4) is 0 Å². The van der Waals surface area contributed by atoms with Crippen molar-refractivity contribution < 1.29 is 0 Å². The summed E-state index contributed by atoms with van der Waals surface area (Å²) in [6.07, 6.45) is 9.54. The van der Waals surface area contributed by atoms with E-state index < -0.39 is 0 Å². The fraction of sp³-hybridized carbons (Fsp3) is 0.667. The summed E-state index contributed by atoms with van der Waals surface area (Å²) in [5.74, 6) is 0.905. The first-order chi connectivity index (χ1) is 6.07. The van der Waals surface area contributed by atoms with Crippen LogP contribution >= 0.6 is 0 Å². The fourth-order valence-corrected chi connectivity index (χ4v) is 1.77. The van der Waals surface area contributed by atoms with Crippen molar-refractivity contribution in [2.24, 2.45) is 11.3 Å². The van der Waals surface area contributed by atoms with Crippen molar-refractivity contribution in [3.63, 3.8) is 0 Å². The van der Waals surface area contributed by atoms with Crippen molar-refractivity contribution in [2.45, 2.75) is 39.7 Å². The smallest absolute Gasteiger partial charge is 0.0473 e. The highest BCUT2D eigenvalue weighted by Crippen LogP contribution is 2.37. The lowest BCUT2D eigenvalue weighted by atomic mass is 9.84. The molecule has 1 fully saturated rings. The van der Waals surface area contributed by atoms with Gasteiger partial charge in [-0.1, -0.05) is 26.8 Å². The first-order valence-corrected chi connectivity index (χ1v) is 5.22. The van der Waals surface area contributed by atoms with Gasteiger partial charge in [0.1, 0.15) is 0 Å². The van der Waals surface area contributed by atoms with Gasteiger partial charge in [-0.2, -0.15) is 0 Å². The lowest BCUT2D eigenvalue weighted by molar-refractivity contribution is 0.497. The van der Waals surface area contributed by atoms with E-state index in [0.29, 0.717) is 11.5 Å². The maximum atomic E-state index is 3.43. The molecule has 2 rings (SSSR count). The zero-order valence-electron chi connectivity index (χ0n) is 8.80. The lowest BCUT2D eigenvalue weighted by Crippen LogP contribution is -2.28. The topological polar surface area (TPSA) is 12.0 Å². The van der Waals surface area contributed by atoms with E-state index in [-0.39, 0.29) is 0 Å². The van der Waals surface area contributed by atoms with Crippen LogP contribution in [-0.2, 0) is 0 Å². The Labute approximate surface area is 80.9 Å². The third-order valence-electron chi connectivity index (χ3n) is 2.91. The van der Waals surface area contributed by atoms with Crippen molar-refractivity contribution in [1.29, 1.82) is 0 Å². The van der Waals surface area contributed by atoms with E-state index in [9.17, 15) is 0 Å². The van der Waals surface area contributed by atoms with Crippen molar-refractivity contribution in [2.75, 3.05) is 0 Å². The van der Waals surface area contributed by atoms with E-state index in [2.05, 4.69) is 44.4 Å². The molecule has 72 valence electrons. The van der Waals surface area contributed by atoms with Crippen molar-refractivity contribution in [3.05, 3.63) is 23.9 Å². The Balaban J connectivity index is 2.13. The minimum atomic E-state index is 0.297. The molecule has 1 atom stereocenters. The van der Waals surface area contributed by atoms with Gasteiger partial charge in [-0.15, -0.1) is 0 Å². The second kappa shape index (κ2) is 2.90. The van der Waals surface area contributed by atoms with Gasteiger partial charge in [0.2, 0.25) is 0 Å². The summed E-state index contributed by atoms with van der Waals surface area (Å²) in [6, 6.07) is 0.610. The summed E-state index contributed by atoms with van der Waals surface area (Å²) < 4.78 is 0. The number of allylic oxidation sites excluding steroid dienone is 2. The predicted molar refractivity (Wildman–Crippen MR) is 56.3 cm³/mol. The van der Waals surface area contributed by atoms with Gasteiger partial charge in [0.25, 0.3) is 0 Å². The summed E-state index contributed by atoms with van der Waals surface area (Å²) in [4.78, 5) is 0. The first kappa shape index (κ1) is 8.86. The molecular weight excluding hydrogens is 158 g/mol. The Morgan fingerprint density at radius 3 is 2.54 bits per heavy atom. The van der Waals surface area contributed by atoms with E-state index in [1.54, 1.807) is 0 Å². The van der Waals surface area contributed by atoms with Crippen molar-refractivity contribution in [1.82, 2.24) is 5.32 Å². The van der Waals surface area contributed by atoms with Crippen LogP contribution < -0.4 is 5.32 Å². The molecule has 1 N–H and O–H groups in total. The van der Waals surface area contributed by atoms with Crippen LogP contribution in [-0.4, -0.2) is 6.04 Å². The van der Waals surface area contributed by atoms with Crippen molar-refractivity contribution >= 4 is 0 Å². The summed E-state index contributed by atoms with van der Waals surface area (Å²) >= 11 is 0. The molecule has 0 aromatic rings. The Kier molecular flexibility index (Phi) is 1.98. The second-order valence-electron chi connectivity index (χ2n) is 5.24. The number of hydrogen-bond donors (Lipinski definition) is 1. The van der Waals surface area contributed by atoms with Gasteiger partial charge in [-0.25, -0.2) is 0 Å². The van der Waals surface area contributed by atoms with Gasteiger partial charge < -0.3 is 5.32 Å². The van der Waals surface area contributed by atoms with Crippen molar-refractivity contribution in [3.8, 4) is 0 Å². The Morgan fingerprint density at radius 1 is 1.31 bits per heavy atom. The Hall–Kier alpha value is -0.720. The zero-order chi connectivity index (χ0) is 9.47. The van der Waals surface area contributed by atoms with Gasteiger partial charge in [-0.05, 0) is 42.0 Å². The molecular formula is C12H19N. The standard InChI is InChI=1S/C12H19N/c1-12(2,3)10-6-7-13-11(8-10)9-4-5-9/h6-9,11,13H,4-5H2,1-3H3. The van der Waals surface area contributed by atoms with Crippen LogP contribution in [0.1, 0.15) is 33.6 Å². The van der Waals surface area contributed by atoms with Crippen LogP contribution in [0.25, 0.3) is 0 Å². The molecule has 2 aliphatic rings. The molecule has 1 heteroatoms. The highest BCUT2D eigenvalue weighted by molar-refractivity contribution is 5.30. The summed E-state index contributed by atoms with van der Waals surface area (Å²) in [7, 11) is 0. The summed E-state index contributed by atoms with van der Waals surface area (Å²) in [5, 5.41) is 3.43. The predicted octanol–water partition coefficient (Wildman–Crippen LogP) is 2.85. The molecule has 0 spiro atoms. The zero-order valence-corrected chi connectivity index (χ0v) is 8.80. The highest BCUT2D eigenvalue weighted by atomic mass is 14.9. The fourth-order valence-electron chi connectivity index (χ4n) is 1.77. The van der Waals surface area contributed by atoms with Crippen LogP contribution in [0.5, 0.6) is 0 Å². The molecule has 0 aromatic carbocycles. The molecule has 0 amide bonds. The highest BCUT2D eigenvalue weighted by Gasteiger charge is 2.31. The lowest BCUT2D eigenvalue weighted by Gasteiger charge is -2.26. The number of rotatable bonds is 1. The van der Waals surface area contributed by atoms with Crippen LogP contribution in [0.15, 0.2) is 23.9 Å². The van der Waals surface area contributed by atoms with Gasteiger partial charge in [0.15, 0.2) is 0 Å². The average molecular weight is 177 g/mol. The van der Waals surface area contributed by atoms with E-state index in [1.165, 1.54) is 18.4 Å². The minimum absolute atomic E-state index is 0.297. The Morgan fingerprint density at radius 2 is 2.00 bits per heavy atom. The number of hydrogen-bond acceptors (Lipinski definition) is 1. The van der Waals surface area contributed by atoms with Gasteiger partial charge in [0.05, 0.1) is 0 Å². The quantitative estimate of drug-likeness (QED) is 0.649. The van der Waals surface area contributed by atoms with E-state index in [1.807, 2.05) is 0 Å². The van der Waals surface area contributed by atoms with E-state index in [4.69, 9.17) is 0 Å². The van der Waals surface area contributed by atoms with Crippen LogP contribution in [0.2, 0.25) is 0 Å². The first-order valence-electron chi connectivity index (χ1n) is 5.22. The molecule has 1 aliphatic heterocycles. The maximum Gasteiger partial charge on any atom is 0.0473 e. The second-order valence-corrected chi connectivity index (χ2v) is 5.24.